The van der Waals surface area contributed by atoms with E-state index in [9.17, 15) is 0 Å². The number of likely N-dealkylation sites (N-methyl/N-ethyl adjacent to an activating group) is 1. The summed E-state index contributed by atoms with van der Waals surface area (Å²) >= 11 is 13.0. The molecule has 0 amide bonds. The van der Waals surface area contributed by atoms with E-state index in [2.05, 4.69) is 78.3 Å². The molecule has 0 spiro atoms. The standard InChI is InChI=1S/C29H31ClN4OS/c1-18-16-29(2,3)33(4)25-15-23(30)22(14-21(18)25)27-26(24-8-6-7-13-31-24)32-28(36)34(27)17-19-9-11-20(35-5)12-10-19/h6-16,26-27H,17H2,1-5H3,(H,32,36)/t26-,27+/m1/s1. The molecule has 186 valence electrons. The van der Waals surface area contributed by atoms with Crippen molar-refractivity contribution in [3.05, 3.63) is 94.3 Å². The Morgan fingerprint density at radius 2 is 1.89 bits per heavy atom. The van der Waals surface area contributed by atoms with Gasteiger partial charge in [-0.1, -0.05) is 35.9 Å². The van der Waals surface area contributed by atoms with Gasteiger partial charge in [0.25, 0.3) is 0 Å². The van der Waals surface area contributed by atoms with Gasteiger partial charge in [-0.05, 0) is 86.1 Å². The van der Waals surface area contributed by atoms with Crippen molar-refractivity contribution in [2.24, 2.45) is 0 Å². The van der Waals surface area contributed by atoms with Crippen molar-refractivity contribution >= 4 is 40.2 Å². The Balaban J connectivity index is 1.62. The third-order valence-electron chi connectivity index (χ3n) is 7.36. The second-order valence-electron chi connectivity index (χ2n) is 10.0. The fourth-order valence-corrected chi connectivity index (χ4v) is 5.83. The third-order valence-corrected chi connectivity index (χ3v) is 8.04. The highest BCUT2D eigenvalue weighted by atomic mass is 35.5. The van der Waals surface area contributed by atoms with E-state index < -0.39 is 0 Å². The van der Waals surface area contributed by atoms with Gasteiger partial charge in [0.2, 0.25) is 0 Å². The number of halogens is 1. The van der Waals surface area contributed by atoms with Crippen molar-refractivity contribution in [3.8, 4) is 5.75 Å². The summed E-state index contributed by atoms with van der Waals surface area (Å²) in [7, 11) is 3.80. The highest BCUT2D eigenvalue weighted by Crippen LogP contribution is 2.47. The van der Waals surface area contributed by atoms with E-state index in [-0.39, 0.29) is 17.6 Å². The lowest BCUT2D eigenvalue weighted by atomic mass is 9.86. The molecule has 5 rings (SSSR count). The lowest BCUT2D eigenvalue weighted by Gasteiger charge is -2.41. The van der Waals surface area contributed by atoms with Gasteiger partial charge in [-0.2, -0.15) is 0 Å². The maximum atomic E-state index is 7.07. The molecule has 2 aliphatic heterocycles. The number of hydrogen-bond acceptors (Lipinski definition) is 4. The molecule has 2 atom stereocenters. The number of methoxy groups -OCH3 is 1. The fourth-order valence-electron chi connectivity index (χ4n) is 5.26. The predicted octanol–water partition coefficient (Wildman–Crippen LogP) is 6.55. The van der Waals surface area contributed by atoms with Crippen molar-refractivity contribution in [1.29, 1.82) is 0 Å². The molecule has 0 radical (unpaired) electrons. The van der Waals surface area contributed by atoms with Crippen LogP contribution in [0.3, 0.4) is 0 Å². The molecule has 36 heavy (non-hydrogen) atoms. The number of benzene rings is 2. The third kappa shape index (κ3) is 4.33. The minimum atomic E-state index is -0.130. The number of allylic oxidation sites excluding steroid dienone is 1. The normalized spacial score (nSPS) is 20.6. The van der Waals surface area contributed by atoms with Crippen LogP contribution in [0.2, 0.25) is 5.02 Å². The van der Waals surface area contributed by atoms with Gasteiger partial charge in [-0.3, -0.25) is 4.98 Å². The molecule has 0 unspecified atom stereocenters. The molecule has 0 bridgehead atoms. The van der Waals surface area contributed by atoms with Gasteiger partial charge in [0, 0.05) is 36.1 Å². The largest absolute Gasteiger partial charge is 0.497 e. The molecule has 0 aliphatic carbocycles. The summed E-state index contributed by atoms with van der Waals surface area (Å²) in [6.45, 7) is 7.25. The first-order valence-corrected chi connectivity index (χ1v) is 12.9. The molecule has 3 heterocycles. The Morgan fingerprint density at radius 3 is 2.56 bits per heavy atom. The summed E-state index contributed by atoms with van der Waals surface area (Å²) < 4.78 is 5.34. The van der Waals surface area contributed by atoms with Crippen LogP contribution in [0.5, 0.6) is 5.75 Å². The minimum Gasteiger partial charge on any atom is -0.497 e. The number of hydrogen-bond donors (Lipinski definition) is 1. The predicted molar refractivity (Wildman–Crippen MR) is 152 cm³/mol. The Morgan fingerprint density at radius 1 is 1.14 bits per heavy atom. The molecule has 1 saturated heterocycles. The van der Waals surface area contributed by atoms with Crippen LogP contribution in [-0.4, -0.2) is 34.7 Å². The number of nitrogens with zero attached hydrogens (tertiary/aromatic N) is 3. The van der Waals surface area contributed by atoms with Crippen molar-refractivity contribution < 1.29 is 4.74 Å². The van der Waals surface area contributed by atoms with Crippen LogP contribution in [0.1, 0.15) is 55.2 Å². The smallest absolute Gasteiger partial charge is 0.170 e. The Kier molecular flexibility index (Phi) is 6.43. The lowest BCUT2D eigenvalue weighted by molar-refractivity contribution is 0.311. The fraction of sp³-hybridized carbons (Fsp3) is 0.310. The Bertz CT molecular complexity index is 1320. The Hall–Kier alpha value is -3.09. The quantitative estimate of drug-likeness (QED) is 0.386. The van der Waals surface area contributed by atoms with Gasteiger partial charge in [-0.25, -0.2) is 0 Å². The molecule has 5 nitrogen and oxygen atoms in total. The molecule has 1 fully saturated rings. The van der Waals surface area contributed by atoms with E-state index in [1.807, 2.05) is 36.5 Å². The second kappa shape index (κ2) is 9.41. The average Bonchev–Trinajstić information content (AvgIpc) is 3.18. The topological polar surface area (TPSA) is 40.6 Å². The molecular formula is C29H31ClN4OS. The van der Waals surface area contributed by atoms with Gasteiger partial charge < -0.3 is 19.9 Å². The number of thiocarbonyl (C=S) groups is 1. The molecule has 2 aromatic carbocycles. The Labute approximate surface area is 223 Å². The number of anilines is 1. The average molecular weight is 519 g/mol. The molecule has 2 aliphatic rings. The monoisotopic (exact) mass is 518 g/mol. The van der Waals surface area contributed by atoms with Crippen LogP contribution in [0.4, 0.5) is 5.69 Å². The van der Waals surface area contributed by atoms with Gasteiger partial charge in [0.1, 0.15) is 5.75 Å². The lowest BCUT2D eigenvalue weighted by Crippen LogP contribution is -2.42. The first-order chi connectivity index (χ1) is 17.2. The van der Waals surface area contributed by atoms with Crippen LogP contribution in [0.15, 0.2) is 66.9 Å². The van der Waals surface area contributed by atoms with Gasteiger partial charge in [0.15, 0.2) is 5.11 Å². The second-order valence-corrected chi connectivity index (χ2v) is 10.8. The zero-order chi connectivity index (χ0) is 25.6. The summed E-state index contributed by atoms with van der Waals surface area (Å²) in [5.41, 5.74) is 6.59. The molecule has 1 N–H and O–H groups in total. The van der Waals surface area contributed by atoms with Gasteiger partial charge >= 0.3 is 0 Å². The zero-order valence-corrected chi connectivity index (χ0v) is 22.8. The molecule has 0 saturated carbocycles. The maximum Gasteiger partial charge on any atom is 0.170 e. The maximum absolute atomic E-state index is 7.07. The summed E-state index contributed by atoms with van der Waals surface area (Å²) in [6.07, 6.45) is 4.14. The minimum absolute atomic E-state index is 0.0880. The van der Waals surface area contributed by atoms with Crippen LogP contribution in [0.25, 0.3) is 5.57 Å². The van der Waals surface area contributed by atoms with E-state index in [1.165, 1.54) is 11.1 Å². The first kappa shape index (κ1) is 24.6. The molecule has 7 heteroatoms. The van der Waals surface area contributed by atoms with Gasteiger partial charge in [-0.15, -0.1) is 0 Å². The number of pyridine rings is 1. The van der Waals surface area contributed by atoms with E-state index >= 15 is 0 Å². The summed E-state index contributed by atoms with van der Waals surface area (Å²) in [6, 6.07) is 18.2. The van der Waals surface area contributed by atoms with Crippen molar-refractivity contribution in [2.45, 2.75) is 44.9 Å². The first-order valence-electron chi connectivity index (χ1n) is 12.1. The highest BCUT2D eigenvalue weighted by Gasteiger charge is 2.41. The van der Waals surface area contributed by atoms with Crippen molar-refractivity contribution in [3.63, 3.8) is 0 Å². The van der Waals surface area contributed by atoms with E-state index in [1.54, 1.807) is 7.11 Å². The highest BCUT2D eigenvalue weighted by molar-refractivity contribution is 7.80. The van der Waals surface area contributed by atoms with Crippen LogP contribution < -0.4 is 15.0 Å². The van der Waals surface area contributed by atoms with Crippen LogP contribution in [0, 0.1) is 0 Å². The molecule has 3 aromatic rings. The summed E-state index contributed by atoms with van der Waals surface area (Å²) in [5.74, 6) is 0.829. The van der Waals surface area contributed by atoms with Crippen LogP contribution >= 0.6 is 23.8 Å². The van der Waals surface area contributed by atoms with E-state index in [4.69, 9.17) is 28.6 Å². The van der Waals surface area contributed by atoms with Crippen molar-refractivity contribution in [1.82, 2.24) is 15.2 Å². The van der Waals surface area contributed by atoms with E-state index in [0.29, 0.717) is 11.7 Å². The number of aromatic nitrogens is 1. The van der Waals surface area contributed by atoms with E-state index in [0.717, 1.165) is 33.3 Å². The van der Waals surface area contributed by atoms with Crippen molar-refractivity contribution in [2.75, 3.05) is 19.1 Å². The molecule has 1 aromatic heterocycles. The summed E-state index contributed by atoms with van der Waals surface area (Å²) in [5, 5.41) is 4.95. The van der Waals surface area contributed by atoms with Crippen LogP contribution in [-0.2, 0) is 6.54 Å². The van der Waals surface area contributed by atoms with Gasteiger partial charge in [0.05, 0.1) is 30.4 Å². The molecular weight excluding hydrogens is 488 g/mol. The number of rotatable bonds is 5. The number of fused-ring (bicyclic) bond motifs is 1. The summed E-state index contributed by atoms with van der Waals surface area (Å²) in [4.78, 5) is 9.18. The number of nitrogens with one attached hydrogen (secondary N) is 1. The zero-order valence-electron chi connectivity index (χ0n) is 21.2. The number of ether oxygens (including phenoxy) is 1. The SMILES string of the molecule is COc1ccc(CN2C(=S)N[C@H](c3ccccn3)[C@@H]2c2cc3c(cc2Cl)N(C)C(C)(C)C=C3C)cc1.